The first kappa shape index (κ1) is 23.3. The van der Waals surface area contributed by atoms with E-state index in [1.807, 2.05) is 6.07 Å². The number of nitrogens with one attached hydrogen (secondary N) is 2. The molecule has 0 aliphatic carbocycles. The van der Waals surface area contributed by atoms with Gasteiger partial charge in [-0.05, 0) is 17.6 Å². The summed E-state index contributed by atoms with van der Waals surface area (Å²) < 4.78 is 0. The molecule has 15 heteroatoms. The first-order valence-electron chi connectivity index (χ1n) is 9.81. The number of aliphatic carboxylic acids is 1. The second-order valence-electron chi connectivity index (χ2n) is 7.31. The molecule has 2 fully saturated rings. The Morgan fingerprint density at radius 2 is 2.21 bits per heavy atom. The second-order valence-corrected chi connectivity index (χ2v) is 9.31. The van der Waals surface area contributed by atoms with E-state index in [1.54, 1.807) is 0 Å². The van der Waals surface area contributed by atoms with E-state index < -0.39 is 34.9 Å². The van der Waals surface area contributed by atoms with Crippen molar-refractivity contribution in [1.82, 2.24) is 20.5 Å². The van der Waals surface area contributed by atoms with E-state index in [0.29, 0.717) is 24.1 Å². The Kier molecular flexibility index (Phi) is 6.26. The van der Waals surface area contributed by atoms with Gasteiger partial charge >= 0.3 is 5.97 Å². The van der Waals surface area contributed by atoms with Crippen LogP contribution in [0.25, 0.3) is 0 Å². The molecule has 1 aromatic rings. The van der Waals surface area contributed by atoms with Crippen LogP contribution in [0.2, 0.25) is 0 Å². The van der Waals surface area contributed by atoms with Crippen LogP contribution in [-0.2, 0) is 19.2 Å². The zero-order valence-corrected chi connectivity index (χ0v) is 18.9. The zero-order chi connectivity index (χ0) is 24.6. The molecule has 13 nitrogen and oxygen atoms in total. The molecule has 0 bridgehead atoms. The number of aromatic nitrogens is 1. The number of rotatable bonds is 6. The summed E-state index contributed by atoms with van der Waals surface area (Å²) >= 11 is 2.22. The molecule has 4 heterocycles. The zero-order valence-electron chi connectivity index (χ0n) is 17.3. The lowest BCUT2D eigenvalue weighted by atomic mass is 9.93. The third kappa shape index (κ3) is 3.86. The van der Waals surface area contributed by atoms with Crippen LogP contribution in [-0.4, -0.2) is 73.3 Å². The average Bonchev–Trinajstić information content (AvgIpc) is 3.43. The summed E-state index contributed by atoms with van der Waals surface area (Å²) in [6, 6.07) is 0.882. The number of nitriles is 1. The average molecular weight is 504 g/mol. The number of thioether (sulfide) groups is 1. The van der Waals surface area contributed by atoms with E-state index in [1.165, 1.54) is 17.1 Å². The topological polar surface area (TPSA) is 211 Å². The molecule has 0 spiro atoms. The molecule has 4 rings (SSSR count). The Bertz CT molecular complexity index is 1240. The summed E-state index contributed by atoms with van der Waals surface area (Å²) in [5.74, 6) is -3.21. The lowest BCUT2D eigenvalue weighted by molar-refractivity contribution is -0.150. The highest BCUT2D eigenvalue weighted by Crippen LogP contribution is 2.43. The van der Waals surface area contributed by atoms with Crippen LogP contribution in [0.1, 0.15) is 18.5 Å². The van der Waals surface area contributed by atoms with Gasteiger partial charge in [0.2, 0.25) is 5.91 Å². The van der Waals surface area contributed by atoms with Crippen molar-refractivity contribution in [3.63, 3.8) is 0 Å². The number of amides is 3. The number of fused-ring (bicyclic) bond motifs is 1. The van der Waals surface area contributed by atoms with Gasteiger partial charge in [-0.1, -0.05) is 5.16 Å². The first-order valence-corrected chi connectivity index (χ1v) is 11.7. The summed E-state index contributed by atoms with van der Waals surface area (Å²) in [5, 5.41) is 37.3. The molecule has 0 unspecified atom stereocenters. The number of oxime groups is 1. The fourth-order valence-electron chi connectivity index (χ4n) is 3.95. The number of nitrogens with two attached hydrogens (primary N) is 1. The maximum absolute atomic E-state index is 12.9. The number of carboxylic acid groups (broad SMARTS) is 1. The van der Waals surface area contributed by atoms with Gasteiger partial charge in [-0.2, -0.15) is 5.26 Å². The number of allylic oxidation sites excluding steroid dienone is 1. The number of carbonyl (C=O) groups is 4. The Labute approximate surface area is 200 Å². The molecular formula is C19H17N7O6S2. The summed E-state index contributed by atoms with van der Waals surface area (Å²) in [7, 11) is 0. The molecule has 3 aliphatic heterocycles. The van der Waals surface area contributed by atoms with E-state index in [4.69, 9.17) is 5.73 Å². The molecule has 34 heavy (non-hydrogen) atoms. The van der Waals surface area contributed by atoms with Crippen LogP contribution in [0.3, 0.4) is 0 Å². The third-order valence-electron chi connectivity index (χ3n) is 5.46. The van der Waals surface area contributed by atoms with E-state index >= 15 is 0 Å². The Morgan fingerprint density at radius 1 is 1.44 bits per heavy atom. The van der Waals surface area contributed by atoms with Gasteiger partial charge in [0, 0.05) is 23.3 Å². The SMILES string of the molecule is N#CCC(=C1CCNC1=O)C1=C(C(=O)O)N2C(=O)[C@@H](NC(=O)C(=NO)c3csc(N)n3)[C@H]2SC1. The first-order chi connectivity index (χ1) is 16.3. The number of β-lactam (4-membered cyclic amide) rings is 1. The Balaban J connectivity index is 1.62. The molecule has 3 aliphatic rings. The number of carbonyl (C=O) groups excluding carboxylic acids is 3. The lowest BCUT2D eigenvalue weighted by Crippen LogP contribution is -2.71. The molecule has 2 saturated heterocycles. The van der Waals surface area contributed by atoms with E-state index in [9.17, 15) is 34.8 Å². The van der Waals surface area contributed by atoms with Gasteiger partial charge in [0.25, 0.3) is 11.8 Å². The fourth-order valence-corrected chi connectivity index (χ4v) is 5.88. The Hall–Kier alpha value is -3.90. The van der Waals surface area contributed by atoms with Crippen molar-refractivity contribution in [2.45, 2.75) is 24.3 Å². The number of thiazole rings is 1. The summed E-state index contributed by atoms with van der Waals surface area (Å²) in [6.45, 7) is 0.380. The van der Waals surface area contributed by atoms with Crippen molar-refractivity contribution in [2.75, 3.05) is 18.0 Å². The molecule has 3 amide bonds. The van der Waals surface area contributed by atoms with Gasteiger partial charge in [0.1, 0.15) is 22.8 Å². The largest absolute Gasteiger partial charge is 0.477 e. The molecular weight excluding hydrogens is 486 g/mol. The smallest absolute Gasteiger partial charge is 0.352 e. The van der Waals surface area contributed by atoms with Crippen LogP contribution >= 0.6 is 23.1 Å². The van der Waals surface area contributed by atoms with E-state index in [-0.39, 0.29) is 40.2 Å². The van der Waals surface area contributed by atoms with Crippen molar-refractivity contribution in [3.8, 4) is 6.07 Å². The minimum absolute atomic E-state index is 0.0263. The minimum Gasteiger partial charge on any atom is -0.477 e. The monoisotopic (exact) mass is 503 g/mol. The molecule has 176 valence electrons. The maximum atomic E-state index is 12.9. The van der Waals surface area contributed by atoms with Gasteiger partial charge in [-0.3, -0.25) is 19.3 Å². The molecule has 2 atom stereocenters. The number of hydrogen-bond acceptors (Lipinski definition) is 11. The quantitative estimate of drug-likeness (QED) is 0.109. The van der Waals surface area contributed by atoms with Crippen molar-refractivity contribution < 1.29 is 29.5 Å². The summed E-state index contributed by atoms with van der Waals surface area (Å²) in [4.78, 5) is 54.8. The summed E-state index contributed by atoms with van der Waals surface area (Å²) in [5.41, 5.74) is 5.67. The predicted molar refractivity (Wildman–Crippen MR) is 119 cm³/mol. The van der Waals surface area contributed by atoms with Crippen LogP contribution in [0.4, 0.5) is 5.13 Å². The van der Waals surface area contributed by atoms with Crippen LogP contribution < -0.4 is 16.4 Å². The number of carboxylic acids is 1. The lowest BCUT2D eigenvalue weighted by Gasteiger charge is -2.49. The molecule has 0 radical (unpaired) electrons. The van der Waals surface area contributed by atoms with Gasteiger partial charge in [-0.25, -0.2) is 9.78 Å². The minimum atomic E-state index is -1.39. The molecule has 0 aromatic carbocycles. The van der Waals surface area contributed by atoms with Crippen molar-refractivity contribution >= 4 is 57.6 Å². The number of nitrogens with zero attached hydrogens (tertiary/aromatic N) is 4. The van der Waals surface area contributed by atoms with Crippen molar-refractivity contribution in [1.29, 1.82) is 5.26 Å². The van der Waals surface area contributed by atoms with E-state index in [0.717, 1.165) is 16.2 Å². The second kappa shape index (κ2) is 9.15. The predicted octanol–water partition coefficient (Wildman–Crippen LogP) is -0.628. The maximum Gasteiger partial charge on any atom is 0.352 e. The third-order valence-corrected chi connectivity index (χ3v) is 7.41. The highest BCUT2D eigenvalue weighted by atomic mass is 32.2. The van der Waals surface area contributed by atoms with Crippen LogP contribution in [0, 0.1) is 11.3 Å². The van der Waals surface area contributed by atoms with Crippen molar-refractivity contribution in [2.24, 2.45) is 5.16 Å². The molecule has 1 aromatic heterocycles. The van der Waals surface area contributed by atoms with Gasteiger partial charge < -0.3 is 26.7 Å². The normalized spacial score (nSPS) is 23.6. The highest BCUT2D eigenvalue weighted by Gasteiger charge is 2.55. The highest BCUT2D eigenvalue weighted by molar-refractivity contribution is 8.00. The number of hydrogen-bond donors (Lipinski definition) is 5. The van der Waals surface area contributed by atoms with Gasteiger partial charge in [0.05, 0.1) is 12.5 Å². The number of nitrogen functional groups attached to an aromatic ring is 1. The van der Waals surface area contributed by atoms with Crippen LogP contribution in [0.5, 0.6) is 0 Å². The Morgan fingerprint density at radius 3 is 2.76 bits per heavy atom. The fraction of sp³-hybridized carbons (Fsp3) is 0.316. The van der Waals surface area contributed by atoms with E-state index in [2.05, 4.69) is 20.8 Å². The summed E-state index contributed by atoms with van der Waals surface area (Å²) in [6.07, 6.45) is 0.159. The van der Waals surface area contributed by atoms with Gasteiger partial charge in [0.15, 0.2) is 10.8 Å². The van der Waals surface area contributed by atoms with Crippen LogP contribution in [0.15, 0.2) is 33.0 Å². The standard InChI is InChI=1S/C19H17N7O6S2/c20-3-1-7(8-2-4-22-14(8)27)9-5-33-17-12(16(29)26(17)13(9)18(30)31)24-15(28)11(25-32)10-6-34-19(21)23-10/h6,12,17,32H,1-2,4-5H2,(H2,21,23)(H,22,27)(H,24,28)(H,30,31)/t12-,17-/m1/s1. The van der Waals surface area contributed by atoms with Crippen molar-refractivity contribution in [3.05, 3.63) is 33.5 Å². The molecule has 6 N–H and O–H groups in total. The molecule has 0 saturated carbocycles. The van der Waals surface area contributed by atoms with Gasteiger partial charge in [-0.15, -0.1) is 23.1 Å². The number of anilines is 1.